The van der Waals surface area contributed by atoms with Crippen molar-refractivity contribution in [2.24, 2.45) is 0 Å². The molecule has 0 saturated carbocycles. The molecular weight excluding hydrogens is 348 g/mol. The minimum absolute atomic E-state index is 0.294. The number of hydrogen-bond donors (Lipinski definition) is 0. The third-order valence-electron chi connectivity index (χ3n) is 5.38. The average Bonchev–Trinajstić information content (AvgIpc) is 3.01. The van der Waals surface area contributed by atoms with Crippen molar-refractivity contribution in [1.82, 2.24) is 19.4 Å². The third-order valence-corrected chi connectivity index (χ3v) is 5.38. The highest BCUT2D eigenvalue weighted by atomic mass is 16.5. The number of imidazole rings is 1. The normalized spacial score (nSPS) is 13.8. The molecule has 1 heterocycles. The molecule has 0 aliphatic heterocycles. The summed E-state index contributed by atoms with van der Waals surface area (Å²) < 4.78 is 8.01. The molecule has 0 saturated heterocycles. The maximum atomic E-state index is 5.76. The molecule has 0 amide bonds. The van der Waals surface area contributed by atoms with Crippen LogP contribution in [0.4, 0.5) is 0 Å². The van der Waals surface area contributed by atoms with Crippen molar-refractivity contribution in [3.63, 3.8) is 0 Å². The number of hydrogen-bond acceptors (Lipinski definition) is 4. The fourth-order valence-corrected chi connectivity index (χ4v) is 3.98. The summed E-state index contributed by atoms with van der Waals surface area (Å²) in [5.74, 6) is 0. The SMILES string of the molecule is CC(C)OCCN(C(C)C)C(C)Cc1cn(CCCN(C(C)C)C(C)C)cn1. The van der Waals surface area contributed by atoms with Crippen LogP contribution in [0.3, 0.4) is 0 Å². The number of rotatable bonds is 14. The van der Waals surface area contributed by atoms with E-state index in [-0.39, 0.29) is 0 Å². The monoisotopic (exact) mass is 394 g/mol. The van der Waals surface area contributed by atoms with Crippen LogP contribution in [0.25, 0.3) is 0 Å². The molecule has 28 heavy (non-hydrogen) atoms. The van der Waals surface area contributed by atoms with Crippen LogP contribution >= 0.6 is 0 Å². The van der Waals surface area contributed by atoms with Crippen LogP contribution in [0.1, 0.15) is 74.4 Å². The first-order valence-electron chi connectivity index (χ1n) is 11.3. The Morgan fingerprint density at radius 1 is 0.893 bits per heavy atom. The van der Waals surface area contributed by atoms with Gasteiger partial charge in [0.2, 0.25) is 0 Å². The molecule has 0 aliphatic rings. The first kappa shape index (κ1) is 25.1. The zero-order valence-corrected chi connectivity index (χ0v) is 20.0. The summed E-state index contributed by atoms with van der Waals surface area (Å²) >= 11 is 0. The Hall–Kier alpha value is -0.910. The molecule has 5 nitrogen and oxygen atoms in total. The lowest BCUT2D eigenvalue weighted by molar-refractivity contribution is 0.0411. The molecule has 1 atom stereocenters. The van der Waals surface area contributed by atoms with E-state index < -0.39 is 0 Å². The second kappa shape index (κ2) is 12.6. The van der Waals surface area contributed by atoms with Gasteiger partial charge >= 0.3 is 0 Å². The molecule has 1 unspecified atom stereocenters. The van der Waals surface area contributed by atoms with E-state index in [1.165, 1.54) is 5.69 Å². The quantitative estimate of drug-likeness (QED) is 0.466. The van der Waals surface area contributed by atoms with Crippen molar-refractivity contribution in [3.8, 4) is 0 Å². The molecule has 1 aromatic heterocycles. The summed E-state index contributed by atoms with van der Waals surface area (Å²) in [5, 5.41) is 0. The molecule has 0 aromatic carbocycles. The molecular formula is C23H46N4O. The van der Waals surface area contributed by atoms with Gasteiger partial charge < -0.3 is 9.30 Å². The van der Waals surface area contributed by atoms with Gasteiger partial charge in [-0.3, -0.25) is 9.80 Å². The maximum Gasteiger partial charge on any atom is 0.0949 e. The first-order valence-corrected chi connectivity index (χ1v) is 11.3. The fraction of sp³-hybridized carbons (Fsp3) is 0.870. The maximum absolute atomic E-state index is 5.76. The number of aromatic nitrogens is 2. The lowest BCUT2D eigenvalue weighted by atomic mass is 10.1. The van der Waals surface area contributed by atoms with Gasteiger partial charge in [0.1, 0.15) is 0 Å². The molecule has 1 rings (SSSR count). The van der Waals surface area contributed by atoms with Crippen molar-refractivity contribution in [3.05, 3.63) is 18.2 Å². The summed E-state index contributed by atoms with van der Waals surface area (Å²) in [5.41, 5.74) is 1.19. The number of aryl methyl sites for hydroxylation is 1. The molecule has 0 bridgehead atoms. The van der Waals surface area contributed by atoms with E-state index in [0.29, 0.717) is 30.3 Å². The minimum atomic E-state index is 0.294. The second-order valence-corrected chi connectivity index (χ2v) is 9.19. The molecule has 5 heteroatoms. The number of ether oxygens (including phenoxy) is 1. The van der Waals surface area contributed by atoms with Crippen LogP contribution in [-0.4, -0.2) is 69.3 Å². The molecule has 0 fully saturated rings. The summed E-state index contributed by atoms with van der Waals surface area (Å²) in [6, 6.07) is 2.16. The zero-order valence-electron chi connectivity index (χ0n) is 20.0. The van der Waals surface area contributed by atoms with E-state index in [0.717, 1.165) is 39.1 Å². The van der Waals surface area contributed by atoms with Crippen LogP contribution in [0.2, 0.25) is 0 Å². The first-order chi connectivity index (χ1) is 13.1. The molecule has 0 spiro atoms. The van der Waals surface area contributed by atoms with Gasteiger partial charge in [-0.15, -0.1) is 0 Å². The lowest BCUT2D eigenvalue weighted by Crippen LogP contribution is -2.42. The van der Waals surface area contributed by atoms with E-state index >= 15 is 0 Å². The Labute approximate surface area is 174 Å². The van der Waals surface area contributed by atoms with Crippen molar-refractivity contribution in [2.75, 3.05) is 19.7 Å². The Balaban J connectivity index is 2.51. The van der Waals surface area contributed by atoms with Crippen LogP contribution in [0, 0.1) is 0 Å². The summed E-state index contributed by atoms with van der Waals surface area (Å²) in [6.07, 6.45) is 6.67. The fourth-order valence-electron chi connectivity index (χ4n) is 3.98. The predicted molar refractivity (Wildman–Crippen MR) is 120 cm³/mol. The standard InChI is InChI=1S/C23H46N4O/c1-18(2)26(19(3)4)12-10-11-25-16-23(24-17-25)15-22(9)27(20(5)6)13-14-28-21(7)8/h16-22H,10-15H2,1-9H3. The van der Waals surface area contributed by atoms with Gasteiger partial charge in [0.25, 0.3) is 0 Å². The van der Waals surface area contributed by atoms with Crippen molar-refractivity contribution in [1.29, 1.82) is 0 Å². The summed E-state index contributed by atoms with van der Waals surface area (Å²) in [6.45, 7) is 24.1. The smallest absolute Gasteiger partial charge is 0.0949 e. The minimum Gasteiger partial charge on any atom is -0.377 e. The lowest BCUT2D eigenvalue weighted by Gasteiger charge is -2.32. The highest BCUT2D eigenvalue weighted by Gasteiger charge is 2.18. The molecule has 0 N–H and O–H groups in total. The largest absolute Gasteiger partial charge is 0.377 e. The summed E-state index contributed by atoms with van der Waals surface area (Å²) in [4.78, 5) is 9.74. The van der Waals surface area contributed by atoms with Gasteiger partial charge in [-0.25, -0.2) is 4.98 Å². The number of nitrogens with zero attached hydrogens (tertiary/aromatic N) is 4. The van der Waals surface area contributed by atoms with Gasteiger partial charge in [-0.1, -0.05) is 0 Å². The third kappa shape index (κ3) is 9.06. The second-order valence-electron chi connectivity index (χ2n) is 9.19. The van der Waals surface area contributed by atoms with E-state index in [1.807, 2.05) is 6.33 Å². The summed E-state index contributed by atoms with van der Waals surface area (Å²) in [7, 11) is 0. The van der Waals surface area contributed by atoms with Gasteiger partial charge in [-0.05, 0) is 68.7 Å². The topological polar surface area (TPSA) is 33.5 Å². The highest BCUT2D eigenvalue weighted by molar-refractivity contribution is 4.99. The van der Waals surface area contributed by atoms with Crippen molar-refractivity contribution < 1.29 is 4.74 Å². The zero-order chi connectivity index (χ0) is 21.3. The van der Waals surface area contributed by atoms with E-state index in [4.69, 9.17) is 4.74 Å². The molecule has 164 valence electrons. The molecule has 1 aromatic rings. The van der Waals surface area contributed by atoms with Crippen LogP contribution < -0.4 is 0 Å². The van der Waals surface area contributed by atoms with Crippen LogP contribution in [0.5, 0.6) is 0 Å². The van der Waals surface area contributed by atoms with Gasteiger partial charge in [0, 0.05) is 56.4 Å². The van der Waals surface area contributed by atoms with E-state index in [1.54, 1.807) is 0 Å². The highest BCUT2D eigenvalue weighted by Crippen LogP contribution is 2.12. The Morgan fingerprint density at radius 3 is 2.04 bits per heavy atom. The Morgan fingerprint density at radius 2 is 1.50 bits per heavy atom. The van der Waals surface area contributed by atoms with E-state index in [2.05, 4.69) is 87.9 Å². The predicted octanol–water partition coefficient (Wildman–Crippen LogP) is 4.46. The van der Waals surface area contributed by atoms with Gasteiger partial charge in [0.05, 0.1) is 24.7 Å². The average molecular weight is 395 g/mol. The van der Waals surface area contributed by atoms with Gasteiger partial charge in [0.15, 0.2) is 0 Å². The van der Waals surface area contributed by atoms with Crippen LogP contribution in [-0.2, 0) is 17.7 Å². The van der Waals surface area contributed by atoms with Crippen LogP contribution in [0.15, 0.2) is 12.5 Å². The van der Waals surface area contributed by atoms with Crippen molar-refractivity contribution >= 4 is 0 Å². The van der Waals surface area contributed by atoms with Crippen molar-refractivity contribution in [2.45, 2.75) is 112 Å². The molecule has 0 aliphatic carbocycles. The Kier molecular flexibility index (Phi) is 11.3. The van der Waals surface area contributed by atoms with Gasteiger partial charge in [-0.2, -0.15) is 0 Å². The molecule has 0 radical (unpaired) electrons. The van der Waals surface area contributed by atoms with E-state index in [9.17, 15) is 0 Å². The Bertz CT molecular complexity index is 516.